The molecule has 1 atom stereocenters. The third-order valence-corrected chi connectivity index (χ3v) is 4.96. The van der Waals surface area contributed by atoms with Gasteiger partial charge in [-0.15, -0.1) is 11.3 Å². The molecule has 1 unspecified atom stereocenters. The Kier molecular flexibility index (Phi) is 2.11. The average molecular weight is 257 g/mol. The topological polar surface area (TPSA) is 12.5 Å². The van der Waals surface area contributed by atoms with Gasteiger partial charge in [0.15, 0.2) is 0 Å². The van der Waals surface area contributed by atoms with Crippen LogP contribution in [0.25, 0.3) is 10.4 Å². The van der Waals surface area contributed by atoms with Crippen molar-refractivity contribution in [2.24, 2.45) is 0 Å². The van der Waals surface area contributed by atoms with Crippen LogP contribution in [0.15, 0.2) is 35.7 Å². The molecule has 0 radical (unpaired) electrons. The fourth-order valence-electron chi connectivity index (χ4n) is 3.15. The van der Waals surface area contributed by atoms with Crippen LogP contribution in [0.2, 0.25) is 0 Å². The van der Waals surface area contributed by atoms with Gasteiger partial charge < -0.3 is 9.64 Å². The van der Waals surface area contributed by atoms with E-state index in [0.717, 1.165) is 25.3 Å². The van der Waals surface area contributed by atoms with Crippen molar-refractivity contribution in [1.29, 1.82) is 0 Å². The number of benzene rings is 1. The molecule has 3 heterocycles. The Morgan fingerprint density at radius 1 is 1.28 bits per heavy atom. The zero-order valence-corrected chi connectivity index (χ0v) is 11.2. The molecule has 18 heavy (non-hydrogen) atoms. The summed E-state index contributed by atoms with van der Waals surface area (Å²) in [7, 11) is 2.17. The molecule has 0 N–H and O–H groups in total. The molecule has 2 aliphatic rings. The highest BCUT2D eigenvalue weighted by Crippen LogP contribution is 2.50. The van der Waals surface area contributed by atoms with Crippen LogP contribution in [0.3, 0.4) is 0 Å². The number of rotatable bonds is 0. The summed E-state index contributed by atoms with van der Waals surface area (Å²) in [5.41, 5.74) is 2.52. The van der Waals surface area contributed by atoms with Crippen LogP contribution in [-0.2, 0) is 5.60 Å². The van der Waals surface area contributed by atoms with E-state index in [1.807, 2.05) is 11.3 Å². The lowest BCUT2D eigenvalue weighted by Crippen LogP contribution is -2.37. The van der Waals surface area contributed by atoms with Gasteiger partial charge in [0.25, 0.3) is 0 Å². The molecule has 3 heteroatoms. The molecule has 0 bridgehead atoms. The lowest BCUT2D eigenvalue weighted by Gasteiger charge is -2.35. The minimum Gasteiger partial charge on any atom is -0.480 e. The van der Waals surface area contributed by atoms with Crippen LogP contribution in [0.1, 0.15) is 12.0 Å². The Labute approximate surface area is 111 Å². The lowest BCUT2D eigenvalue weighted by molar-refractivity contribution is 0.0755. The molecule has 2 nitrogen and oxygen atoms in total. The zero-order chi connectivity index (χ0) is 12.2. The van der Waals surface area contributed by atoms with Crippen LogP contribution in [0.4, 0.5) is 0 Å². The van der Waals surface area contributed by atoms with Gasteiger partial charge in [-0.1, -0.05) is 12.1 Å². The van der Waals surface area contributed by atoms with E-state index in [1.165, 1.54) is 16.0 Å². The number of hydrogen-bond donors (Lipinski definition) is 0. The first-order valence-electron chi connectivity index (χ1n) is 6.33. The van der Waals surface area contributed by atoms with E-state index < -0.39 is 0 Å². The number of hydrogen-bond acceptors (Lipinski definition) is 3. The molecule has 0 aliphatic carbocycles. The van der Waals surface area contributed by atoms with Crippen molar-refractivity contribution in [3.05, 3.63) is 41.3 Å². The van der Waals surface area contributed by atoms with E-state index in [2.05, 4.69) is 47.7 Å². The summed E-state index contributed by atoms with van der Waals surface area (Å²) in [6.07, 6.45) is 1.08. The highest BCUT2D eigenvalue weighted by atomic mass is 32.1. The summed E-state index contributed by atoms with van der Waals surface area (Å²) in [5, 5.41) is 2.19. The summed E-state index contributed by atoms with van der Waals surface area (Å²) in [5.74, 6) is 1.04. The predicted octanol–water partition coefficient (Wildman–Crippen LogP) is 3.34. The number of ether oxygens (including phenoxy) is 1. The van der Waals surface area contributed by atoms with Gasteiger partial charge in [0.2, 0.25) is 0 Å². The number of para-hydroxylation sites is 1. The van der Waals surface area contributed by atoms with Crippen molar-refractivity contribution in [3.8, 4) is 16.2 Å². The summed E-state index contributed by atoms with van der Waals surface area (Å²) >= 11 is 1.83. The molecule has 1 saturated heterocycles. The lowest BCUT2D eigenvalue weighted by atomic mass is 9.88. The van der Waals surface area contributed by atoms with Gasteiger partial charge in [0, 0.05) is 35.5 Å². The molecule has 0 amide bonds. The molecule has 1 fully saturated rings. The third kappa shape index (κ3) is 1.32. The van der Waals surface area contributed by atoms with Gasteiger partial charge in [0.1, 0.15) is 11.4 Å². The number of likely N-dealkylation sites (tertiary alicyclic amines) is 1. The van der Waals surface area contributed by atoms with E-state index >= 15 is 0 Å². The van der Waals surface area contributed by atoms with Gasteiger partial charge in [-0.25, -0.2) is 0 Å². The standard InChI is InChI=1S/C15H15NOS/c1-16-8-7-15(10-16)12-6-9-18-14(12)11-4-2-3-5-13(11)17-15/h2-6,9H,7-8,10H2,1H3. The molecule has 2 aromatic rings. The van der Waals surface area contributed by atoms with Crippen LogP contribution in [0, 0.1) is 0 Å². The summed E-state index contributed by atoms with van der Waals surface area (Å²) in [6, 6.07) is 10.7. The van der Waals surface area contributed by atoms with Crippen molar-refractivity contribution in [2.45, 2.75) is 12.0 Å². The van der Waals surface area contributed by atoms with Crippen LogP contribution in [-0.4, -0.2) is 25.0 Å². The monoisotopic (exact) mass is 257 g/mol. The smallest absolute Gasteiger partial charge is 0.149 e. The first-order valence-corrected chi connectivity index (χ1v) is 7.21. The molecule has 1 aromatic carbocycles. The van der Waals surface area contributed by atoms with Crippen LogP contribution in [0.5, 0.6) is 5.75 Å². The fraction of sp³-hybridized carbons (Fsp3) is 0.333. The molecule has 2 aliphatic heterocycles. The van der Waals surface area contributed by atoms with Gasteiger partial charge in [-0.2, -0.15) is 0 Å². The summed E-state index contributed by atoms with van der Waals surface area (Å²) in [6.45, 7) is 2.10. The summed E-state index contributed by atoms with van der Waals surface area (Å²) in [4.78, 5) is 3.75. The minimum atomic E-state index is -0.113. The Morgan fingerprint density at radius 2 is 2.17 bits per heavy atom. The number of nitrogens with zero attached hydrogens (tertiary/aromatic N) is 1. The maximum atomic E-state index is 6.40. The maximum Gasteiger partial charge on any atom is 0.149 e. The normalized spacial score (nSPS) is 25.8. The van der Waals surface area contributed by atoms with Gasteiger partial charge in [-0.3, -0.25) is 0 Å². The van der Waals surface area contributed by atoms with E-state index in [4.69, 9.17) is 4.74 Å². The van der Waals surface area contributed by atoms with E-state index in [0.29, 0.717) is 0 Å². The second-order valence-corrected chi connectivity index (χ2v) is 6.16. The SMILES string of the molecule is CN1CCC2(C1)Oc1ccccc1-c1sccc12. The second-order valence-electron chi connectivity index (χ2n) is 5.24. The highest BCUT2D eigenvalue weighted by Gasteiger charge is 2.45. The number of likely N-dealkylation sites (N-methyl/N-ethyl adjacent to an activating group) is 1. The molecule has 1 spiro atoms. The Balaban J connectivity index is 1.93. The second kappa shape index (κ2) is 3.59. The van der Waals surface area contributed by atoms with Crippen molar-refractivity contribution >= 4 is 11.3 Å². The predicted molar refractivity (Wildman–Crippen MR) is 74.2 cm³/mol. The van der Waals surface area contributed by atoms with E-state index in [-0.39, 0.29) is 5.60 Å². The average Bonchev–Trinajstić information content (AvgIpc) is 2.98. The first-order chi connectivity index (χ1) is 8.78. The molecule has 92 valence electrons. The minimum absolute atomic E-state index is 0.113. The molecule has 1 aromatic heterocycles. The maximum absolute atomic E-state index is 6.40. The van der Waals surface area contributed by atoms with E-state index in [9.17, 15) is 0 Å². The van der Waals surface area contributed by atoms with Gasteiger partial charge in [-0.05, 0) is 30.6 Å². The van der Waals surface area contributed by atoms with Crippen molar-refractivity contribution in [2.75, 3.05) is 20.1 Å². The Hall–Kier alpha value is -1.32. The van der Waals surface area contributed by atoms with E-state index in [1.54, 1.807) is 0 Å². The first kappa shape index (κ1) is 10.6. The van der Waals surface area contributed by atoms with Crippen molar-refractivity contribution in [1.82, 2.24) is 4.90 Å². The third-order valence-electron chi connectivity index (χ3n) is 4.02. The van der Waals surface area contributed by atoms with Crippen LogP contribution < -0.4 is 4.74 Å². The van der Waals surface area contributed by atoms with Crippen LogP contribution >= 0.6 is 11.3 Å². The molecule has 4 rings (SSSR count). The van der Waals surface area contributed by atoms with Crippen molar-refractivity contribution < 1.29 is 4.74 Å². The Morgan fingerprint density at radius 3 is 3.00 bits per heavy atom. The van der Waals surface area contributed by atoms with Crippen molar-refractivity contribution in [3.63, 3.8) is 0 Å². The quantitative estimate of drug-likeness (QED) is 0.717. The van der Waals surface area contributed by atoms with Gasteiger partial charge >= 0.3 is 0 Å². The largest absolute Gasteiger partial charge is 0.480 e. The molecular weight excluding hydrogens is 242 g/mol. The highest BCUT2D eigenvalue weighted by molar-refractivity contribution is 7.13. The number of thiophene rings is 1. The zero-order valence-electron chi connectivity index (χ0n) is 10.3. The summed E-state index contributed by atoms with van der Waals surface area (Å²) < 4.78 is 6.40. The number of fused-ring (bicyclic) bond motifs is 4. The molecular formula is C15H15NOS. The Bertz CT molecular complexity index is 606. The van der Waals surface area contributed by atoms with Gasteiger partial charge in [0.05, 0.1) is 0 Å². The molecule has 0 saturated carbocycles. The fourth-order valence-corrected chi connectivity index (χ4v) is 4.17.